The molecule has 0 saturated heterocycles. The van der Waals surface area contributed by atoms with Gasteiger partial charge in [-0.2, -0.15) is 0 Å². The van der Waals surface area contributed by atoms with Crippen LogP contribution in [-0.2, 0) is 0 Å². The fourth-order valence-electron chi connectivity index (χ4n) is 10.3. The van der Waals surface area contributed by atoms with E-state index in [1.807, 2.05) is 0 Å². The van der Waals surface area contributed by atoms with Crippen molar-refractivity contribution in [3.8, 4) is 22.3 Å². The van der Waals surface area contributed by atoms with E-state index >= 15 is 0 Å². The molecule has 0 aromatic heterocycles. The Hall–Kier alpha value is -7.98. The molecule has 0 spiro atoms. The topological polar surface area (TPSA) is 6.48 Å². The van der Waals surface area contributed by atoms with Crippen molar-refractivity contribution in [1.82, 2.24) is 0 Å². The number of hydrogen-bond acceptors (Lipinski definition) is 2. The van der Waals surface area contributed by atoms with Crippen LogP contribution in [-0.4, -0.2) is 8.07 Å². The standard InChI is InChI=1S/C64H50N2Si/c1-43-23-29-52(30-24-43)65(50-19-7-5-8-20-50)61-41-59(48-27-25-44-15-11-13-17-46(44)39-48)55-36-38-58-62(66(51-21-9-6-10-22-51)53-31-33-54(34-32-53)67(2,3)4)42-60(56-35-37-57(61)63(55)64(56)58)49-28-26-45-16-12-14-18-47(45)40-49/h5-42H,1-4H3. The van der Waals surface area contributed by atoms with Crippen molar-refractivity contribution in [1.29, 1.82) is 0 Å². The average molecular weight is 875 g/mol. The third kappa shape index (κ3) is 7.11. The average Bonchev–Trinajstić information content (AvgIpc) is 3.37. The van der Waals surface area contributed by atoms with Gasteiger partial charge in [0.15, 0.2) is 0 Å². The molecule has 0 aliphatic carbocycles. The Kier molecular flexibility index (Phi) is 9.78. The first kappa shape index (κ1) is 40.5. The zero-order chi connectivity index (χ0) is 45.2. The third-order valence-corrected chi connectivity index (χ3v) is 15.8. The molecule has 320 valence electrons. The zero-order valence-electron chi connectivity index (χ0n) is 38.3. The SMILES string of the molecule is Cc1ccc(N(c2ccccc2)c2cc(-c3ccc4ccccc4c3)c3ccc4c(N(c5ccccc5)c5ccc([Si](C)(C)C)cc5)cc(-c5ccc6ccccc6c5)c5ccc2c3c54)cc1. The lowest BCUT2D eigenvalue weighted by Gasteiger charge is -2.31. The predicted molar refractivity (Wildman–Crippen MR) is 293 cm³/mol. The molecule has 12 rings (SSSR count). The van der Waals surface area contributed by atoms with Crippen molar-refractivity contribution >= 4 is 101 Å². The molecule has 0 bridgehead atoms. The van der Waals surface area contributed by atoms with Crippen LogP contribution in [0.2, 0.25) is 19.6 Å². The molecule has 0 saturated carbocycles. The minimum atomic E-state index is -1.55. The van der Waals surface area contributed by atoms with Gasteiger partial charge in [-0.3, -0.25) is 0 Å². The quantitative estimate of drug-likeness (QED) is 0.105. The van der Waals surface area contributed by atoms with E-state index in [4.69, 9.17) is 0 Å². The molecule has 12 aromatic rings. The second-order valence-corrected chi connectivity index (χ2v) is 24.1. The molecule has 0 heterocycles. The number of anilines is 6. The van der Waals surface area contributed by atoms with Gasteiger partial charge in [-0.15, -0.1) is 0 Å². The first-order valence-electron chi connectivity index (χ1n) is 23.4. The van der Waals surface area contributed by atoms with Crippen LogP contribution >= 0.6 is 0 Å². The van der Waals surface area contributed by atoms with Crippen LogP contribution in [0.15, 0.2) is 231 Å². The van der Waals surface area contributed by atoms with Crippen LogP contribution in [0.5, 0.6) is 0 Å². The Morgan fingerprint density at radius 2 is 0.687 bits per heavy atom. The molecular weight excluding hydrogens is 825 g/mol. The van der Waals surface area contributed by atoms with Gasteiger partial charge in [0.1, 0.15) is 0 Å². The second kappa shape index (κ2) is 16.2. The summed E-state index contributed by atoms with van der Waals surface area (Å²) in [7, 11) is -1.55. The Balaban J connectivity index is 1.24. The van der Waals surface area contributed by atoms with Gasteiger partial charge in [0, 0.05) is 44.3 Å². The van der Waals surface area contributed by atoms with Crippen molar-refractivity contribution in [3.05, 3.63) is 236 Å². The number of para-hydroxylation sites is 2. The monoisotopic (exact) mass is 874 g/mol. The zero-order valence-corrected chi connectivity index (χ0v) is 39.3. The Morgan fingerprint density at radius 1 is 0.313 bits per heavy atom. The van der Waals surface area contributed by atoms with Gasteiger partial charge < -0.3 is 9.80 Å². The first-order valence-corrected chi connectivity index (χ1v) is 26.9. The van der Waals surface area contributed by atoms with E-state index < -0.39 is 8.07 Å². The molecule has 0 N–H and O–H groups in total. The smallest absolute Gasteiger partial charge is 0.0775 e. The lowest BCUT2D eigenvalue weighted by atomic mass is 9.84. The van der Waals surface area contributed by atoms with Gasteiger partial charge in [0.25, 0.3) is 0 Å². The normalized spacial score (nSPS) is 11.9. The highest BCUT2D eigenvalue weighted by Crippen LogP contribution is 2.52. The van der Waals surface area contributed by atoms with E-state index in [2.05, 4.69) is 267 Å². The lowest BCUT2D eigenvalue weighted by Crippen LogP contribution is -2.37. The molecule has 12 aromatic carbocycles. The molecule has 2 nitrogen and oxygen atoms in total. The van der Waals surface area contributed by atoms with E-state index in [1.165, 1.54) is 86.9 Å². The van der Waals surface area contributed by atoms with Crippen LogP contribution < -0.4 is 15.0 Å². The highest BCUT2D eigenvalue weighted by Gasteiger charge is 2.26. The van der Waals surface area contributed by atoms with Crippen LogP contribution in [0.1, 0.15) is 5.56 Å². The molecule has 0 fully saturated rings. The summed E-state index contributed by atoms with van der Waals surface area (Å²) in [5.41, 5.74) is 12.8. The second-order valence-electron chi connectivity index (χ2n) is 19.1. The Morgan fingerprint density at radius 3 is 1.12 bits per heavy atom. The first-order chi connectivity index (χ1) is 32.8. The number of fused-ring (bicyclic) bond motifs is 2. The highest BCUT2D eigenvalue weighted by atomic mass is 28.3. The molecule has 0 aliphatic rings. The number of rotatable bonds is 9. The minimum Gasteiger partial charge on any atom is -0.310 e. The molecule has 0 aliphatic heterocycles. The summed E-state index contributed by atoms with van der Waals surface area (Å²) in [6, 6.07) is 86.0. The van der Waals surface area contributed by atoms with Crippen LogP contribution in [0.3, 0.4) is 0 Å². The van der Waals surface area contributed by atoms with E-state index in [-0.39, 0.29) is 0 Å². The Labute approximate surface area is 394 Å². The number of nitrogens with zero attached hydrogens (tertiary/aromatic N) is 2. The summed E-state index contributed by atoms with van der Waals surface area (Å²) < 4.78 is 0. The van der Waals surface area contributed by atoms with E-state index in [9.17, 15) is 0 Å². The Bertz CT molecular complexity index is 3780. The summed E-state index contributed by atoms with van der Waals surface area (Å²) >= 11 is 0. The van der Waals surface area contributed by atoms with Crippen molar-refractivity contribution in [2.75, 3.05) is 9.80 Å². The van der Waals surface area contributed by atoms with E-state index in [0.29, 0.717) is 0 Å². The summed E-state index contributed by atoms with van der Waals surface area (Å²) in [6.45, 7) is 9.43. The largest absolute Gasteiger partial charge is 0.310 e. The van der Waals surface area contributed by atoms with Crippen molar-refractivity contribution < 1.29 is 0 Å². The summed E-state index contributed by atoms with van der Waals surface area (Å²) in [6.07, 6.45) is 0. The maximum atomic E-state index is 2.48. The lowest BCUT2D eigenvalue weighted by molar-refractivity contribution is 1.29. The number of hydrogen-bond donors (Lipinski definition) is 0. The summed E-state index contributed by atoms with van der Waals surface area (Å²) in [5.74, 6) is 0. The maximum absolute atomic E-state index is 2.48. The number of benzene rings is 12. The minimum absolute atomic E-state index is 1.11. The van der Waals surface area contributed by atoms with Gasteiger partial charge >= 0.3 is 0 Å². The van der Waals surface area contributed by atoms with Crippen LogP contribution in [0.4, 0.5) is 34.1 Å². The third-order valence-electron chi connectivity index (χ3n) is 13.8. The molecule has 0 atom stereocenters. The van der Waals surface area contributed by atoms with Crippen LogP contribution in [0, 0.1) is 6.92 Å². The van der Waals surface area contributed by atoms with Crippen molar-refractivity contribution in [2.45, 2.75) is 26.6 Å². The van der Waals surface area contributed by atoms with E-state index in [1.54, 1.807) is 0 Å². The molecule has 3 heteroatoms. The van der Waals surface area contributed by atoms with Gasteiger partial charge in [-0.05, 0) is 134 Å². The fourth-order valence-corrected chi connectivity index (χ4v) is 11.5. The van der Waals surface area contributed by atoms with Crippen molar-refractivity contribution in [3.63, 3.8) is 0 Å². The molecular formula is C64H50N2Si. The highest BCUT2D eigenvalue weighted by molar-refractivity contribution is 6.88. The molecule has 67 heavy (non-hydrogen) atoms. The van der Waals surface area contributed by atoms with Gasteiger partial charge in [0.2, 0.25) is 0 Å². The van der Waals surface area contributed by atoms with Crippen LogP contribution in [0.25, 0.3) is 76.1 Å². The summed E-state index contributed by atoms with van der Waals surface area (Å²) in [4.78, 5) is 4.94. The van der Waals surface area contributed by atoms with Gasteiger partial charge in [-0.1, -0.05) is 188 Å². The fraction of sp³-hybridized carbons (Fsp3) is 0.0625. The molecule has 0 radical (unpaired) electrons. The molecule has 0 amide bonds. The molecule has 0 unspecified atom stereocenters. The number of aryl methyl sites for hydroxylation is 1. The predicted octanol–water partition coefficient (Wildman–Crippen LogP) is 18.0. The van der Waals surface area contributed by atoms with Gasteiger partial charge in [0.05, 0.1) is 19.4 Å². The maximum Gasteiger partial charge on any atom is 0.0775 e. The van der Waals surface area contributed by atoms with Gasteiger partial charge in [-0.25, -0.2) is 0 Å². The summed E-state index contributed by atoms with van der Waals surface area (Å²) in [5, 5.41) is 13.8. The van der Waals surface area contributed by atoms with E-state index in [0.717, 1.165) is 34.1 Å². The van der Waals surface area contributed by atoms with Crippen molar-refractivity contribution in [2.24, 2.45) is 0 Å².